The molecule has 3 aromatic rings. The standard InChI is InChI=1S/C20H20O3Si/c1-21-17-13-14-18(24-16-11-7-4-8-12-16)20(19(17)22-2)23-15-9-5-3-6-10-15/h3-14H,24H2,1-2H3. The summed E-state index contributed by atoms with van der Waals surface area (Å²) in [5, 5.41) is 2.53. The third kappa shape index (κ3) is 3.60. The Morgan fingerprint density at radius 2 is 1.33 bits per heavy atom. The molecule has 0 saturated carbocycles. The van der Waals surface area contributed by atoms with Gasteiger partial charge in [0.05, 0.1) is 23.7 Å². The predicted molar refractivity (Wildman–Crippen MR) is 100 cm³/mol. The fraction of sp³-hybridized carbons (Fsp3) is 0.100. The lowest BCUT2D eigenvalue weighted by atomic mass is 10.3. The van der Waals surface area contributed by atoms with Crippen LogP contribution >= 0.6 is 0 Å². The smallest absolute Gasteiger partial charge is 0.203 e. The van der Waals surface area contributed by atoms with Gasteiger partial charge in [-0.05, 0) is 23.4 Å². The highest BCUT2D eigenvalue weighted by atomic mass is 28.2. The number of para-hydroxylation sites is 1. The Morgan fingerprint density at radius 1 is 0.667 bits per heavy atom. The summed E-state index contributed by atoms with van der Waals surface area (Å²) in [6.07, 6.45) is 0. The fourth-order valence-electron chi connectivity index (χ4n) is 2.61. The van der Waals surface area contributed by atoms with Crippen LogP contribution in [0.5, 0.6) is 23.0 Å². The molecule has 0 spiro atoms. The first-order valence-electron chi connectivity index (χ1n) is 7.82. The Bertz CT molecular complexity index is 789. The van der Waals surface area contributed by atoms with Gasteiger partial charge in [0.25, 0.3) is 0 Å². The third-order valence-electron chi connectivity index (χ3n) is 3.78. The van der Waals surface area contributed by atoms with Gasteiger partial charge in [0.1, 0.15) is 5.75 Å². The summed E-state index contributed by atoms with van der Waals surface area (Å²) >= 11 is 0. The maximum Gasteiger partial charge on any atom is 0.203 e. The van der Waals surface area contributed by atoms with Crippen LogP contribution in [0.1, 0.15) is 0 Å². The molecule has 0 fully saturated rings. The quantitative estimate of drug-likeness (QED) is 0.648. The van der Waals surface area contributed by atoms with Gasteiger partial charge in [-0.25, -0.2) is 0 Å². The molecule has 0 saturated heterocycles. The molecule has 3 aromatic carbocycles. The van der Waals surface area contributed by atoms with Crippen LogP contribution in [0.2, 0.25) is 0 Å². The molecule has 3 rings (SSSR count). The minimum Gasteiger partial charge on any atom is -0.493 e. The van der Waals surface area contributed by atoms with E-state index in [-0.39, 0.29) is 0 Å². The van der Waals surface area contributed by atoms with Crippen molar-refractivity contribution < 1.29 is 14.2 Å². The number of ether oxygens (including phenoxy) is 3. The second-order valence-electron chi connectivity index (χ2n) is 5.37. The molecule has 0 aromatic heterocycles. The molecular weight excluding hydrogens is 316 g/mol. The summed E-state index contributed by atoms with van der Waals surface area (Å²) in [4.78, 5) is 0. The van der Waals surface area contributed by atoms with Gasteiger partial charge < -0.3 is 14.2 Å². The van der Waals surface area contributed by atoms with Gasteiger partial charge in [0.2, 0.25) is 5.75 Å². The molecule has 0 unspecified atom stereocenters. The van der Waals surface area contributed by atoms with E-state index in [1.807, 2.05) is 42.5 Å². The van der Waals surface area contributed by atoms with Gasteiger partial charge in [-0.1, -0.05) is 59.8 Å². The third-order valence-corrected chi connectivity index (χ3v) is 5.60. The van der Waals surface area contributed by atoms with E-state index >= 15 is 0 Å². The Balaban J connectivity index is 2.03. The van der Waals surface area contributed by atoms with E-state index in [9.17, 15) is 0 Å². The molecule has 24 heavy (non-hydrogen) atoms. The van der Waals surface area contributed by atoms with Gasteiger partial charge >= 0.3 is 0 Å². The monoisotopic (exact) mass is 336 g/mol. The SMILES string of the molecule is COc1ccc([SiH2]c2ccccc2)c(Oc2ccccc2)c1OC. The predicted octanol–water partition coefficient (Wildman–Crippen LogP) is 2.62. The number of methoxy groups -OCH3 is 2. The molecule has 0 bridgehead atoms. The molecule has 0 radical (unpaired) electrons. The van der Waals surface area contributed by atoms with Crippen molar-refractivity contribution in [2.75, 3.05) is 14.2 Å². The zero-order valence-corrected chi connectivity index (χ0v) is 15.3. The maximum atomic E-state index is 6.18. The van der Waals surface area contributed by atoms with Crippen LogP contribution in [-0.2, 0) is 0 Å². The molecule has 122 valence electrons. The van der Waals surface area contributed by atoms with Crippen molar-refractivity contribution in [2.45, 2.75) is 0 Å². The Hall–Kier alpha value is -2.72. The minimum atomic E-state index is -0.694. The van der Waals surface area contributed by atoms with E-state index in [1.54, 1.807) is 14.2 Å². The molecule has 0 aliphatic rings. The van der Waals surface area contributed by atoms with Crippen LogP contribution in [0.3, 0.4) is 0 Å². The van der Waals surface area contributed by atoms with E-state index in [4.69, 9.17) is 14.2 Å². The van der Waals surface area contributed by atoms with Gasteiger partial charge in [-0.3, -0.25) is 0 Å². The van der Waals surface area contributed by atoms with Crippen LogP contribution in [0, 0.1) is 0 Å². The average molecular weight is 336 g/mol. The first-order valence-corrected chi connectivity index (χ1v) is 9.24. The molecule has 0 amide bonds. The van der Waals surface area contributed by atoms with E-state index in [0.717, 1.165) is 11.5 Å². The highest BCUT2D eigenvalue weighted by molar-refractivity contribution is 6.68. The fourth-order valence-corrected chi connectivity index (χ4v) is 4.19. The zero-order chi connectivity index (χ0) is 16.8. The van der Waals surface area contributed by atoms with Gasteiger partial charge in [-0.15, -0.1) is 0 Å². The van der Waals surface area contributed by atoms with Crippen molar-refractivity contribution in [3.05, 3.63) is 72.8 Å². The van der Waals surface area contributed by atoms with Crippen molar-refractivity contribution in [2.24, 2.45) is 0 Å². The van der Waals surface area contributed by atoms with Crippen molar-refractivity contribution >= 4 is 19.9 Å². The minimum absolute atomic E-state index is 0.641. The Labute approximate surface area is 144 Å². The van der Waals surface area contributed by atoms with Gasteiger partial charge in [0.15, 0.2) is 11.5 Å². The van der Waals surface area contributed by atoms with Crippen molar-refractivity contribution in [3.63, 3.8) is 0 Å². The lowest BCUT2D eigenvalue weighted by molar-refractivity contribution is 0.337. The number of hydrogen-bond donors (Lipinski definition) is 0. The summed E-state index contributed by atoms with van der Waals surface area (Å²) in [5.74, 6) is 2.85. The van der Waals surface area contributed by atoms with Crippen LogP contribution in [0.4, 0.5) is 0 Å². The molecular formula is C20H20O3Si. The van der Waals surface area contributed by atoms with Crippen molar-refractivity contribution in [1.82, 2.24) is 0 Å². The van der Waals surface area contributed by atoms with Gasteiger partial charge in [0, 0.05) is 0 Å². The largest absolute Gasteiger partial charge is 0.493 e. The van der Waals surface area contributed by atoms with Crippen LogP contribution in [-0.4, -0.2) is 23.7 Å². The second-order valence-corrected chi connectivity index (χ2v) is 7.30. The summed E-state index contributed by atoms with van der Waals surface area (Å²) in [6, 6.07) is 24.3. The zero-order valence-electron chi connectivity index (χ0n) is 13.9. The molecule has 4 heteroatoms. The van der Waals surface area contributed by atoms with Crippen LogP contribution in [0.15, 0.2) is 72.8 Å². The lowest BCUT2D eigenvalue weighted by Gasteiger charge is -2.17. The molecule has 0 aliphatic carbocycles. The molecule has 0 atom stereocenters. The molecule has 0 N–H and O–H groups in total. The van der Waals surface area contributed by atoms with Crippen LogP contribution in [0.25, 0.3) is 0 Å². The van der Waals surface area contributed by atoms with E-state index in [0.29, 0.717) is 11.5 Å². The van der Waals surface area contributed by atoms with E-state index in [2.05, 4.69) is 30.3 Å². The summed E-state index contributed by atoms with van der Waals surface area (Å²) in [5.41, 5.74) is 0. The number of benzene rings is 3. The normalized spacial score (nSPS) is 10.8. The van der Waals surface area contributed by atoms with E-state index < -0.39 is 9.52 Å². The Morgan fingerprint density at radius 3 is 1.96 bits per heavy atom. The number of rotatable bonds is 6. The first kappa shape index (κ1) is 16.1. The van der Waals surface area contributed by atoms with Gasteiger partial charge in [-0.2, -0.15) is 0 Å². The second kappa shape index (κ2) is 7.70. The molecule has 3 nitrogen and oxygen atoms in total. The highest BCUT2D eigenvalue weighted by Gasteiger charge is 2.17. The lowest BCUT2D eigenvalue weighted by Crippen LogP contribution is -2.28. The molecule has 0 aliphatic heterocycles. The van der Waals surface area contributed by atoms with Crippen LogP contribution < -0.4 is 24.6 Å². The summed E-state index contributed by atoms with van der Waals surface area (Å²) < 4.78 is 17.2. The van der Waals surface area contributed by atoms with Crippen molar-refractivity contribution in [3.8, 4) is 23.0 Å². The highest BCUT2D eigenvalue weighted by Crippen LogP contribution is 2.37. The van der Waals surface area contributed by atoms with E-state index in [1.165, 1.54) is 10.4 Å². The summed E-state index contributed by atoms with van der Waals surface area (Å²) in [6.45, 7) is 0. The average Bonchev–Trinajstić information content (AvgIpc) is 2.64. The summed E-state index contributed by atoms with van der Waals surface area (Å²) in [7, 11) is 2.59. The first-order chi connectivity index (χ1) is 11.8. The topological polar surface area (TPSA) is 27.7 Å². The molecule has 0 heterocycles. The Kier molecular flexibility index (Phi) is 5.18. The number of hydrogen-bond acceptors (Lipinski definition) is 3. The van der Waals surface area contributed by atoms with Crippen molar-refractivity contribution in [1.29, 1.82) is 0 Å². The maximum absolute atomic E-state index is 6.18.